The highest BCUT2D eigenvalue weighted by molar-refractivity contribution is 5.91. The van der Waals surface area contributed by atoms with Crippen molar-refractivity contribution < 1.29 is 18.3 Å². The molecular formula is C26H31FN4O3. The highest BCUT2D eigenvalue weighted by Gasteiger charge is 2.18. The van der Waals surface area contributed by atoms with Gasteiger partial charge in [-0.3, -0.25) is 14.6 Å². The average Bonchev–Trinajstić information content (AvgIpc) is 3.33. The molecule has 4 rings (SSSR count). The quantitative estimate of drug-likeness (QED) is 0.494. The maximum Gasteiger partial charge on any atom is 0.273 e. The van der Waals surface area contributed by atoms with E-state index in [9.17, 15) is 9.18 Å². The van der Waals surface area contributed by atoms with E-state index in [2.05, 4.69) is 45.2 Å². The second-order valence-corrected chi connectivity index (χ2v) is 8.53. The smallest absolute Gasteiger partial charge is 0.273 e. The lowest BCUT2D eigenvalue weighted by atomic mass is 10.1. The van der Waals surface area contributed by atoms with Crippen molar-refractivity contribution in [3.05, 3.63) is 88.9 Å². The van der Waals surface area contributed by atoms with E-state index in [0.29, 0.717) is 19.0 Å². The Morgan fingerprint density at radius 2 is 1.88 bits per heavy atom. The molecule has 7 nitrogen and oxygen atoms in total. The third-order valence-corrected chi connectivity index (χ3v) is 6.00. The van der Waals surface area contributed by atoms with Crippen LogP contribution in [0, 0.1) is 12.7 Å². The molecule has 0 atom stereocenters. The summed E-state index contributed by atoms with van der Waals surface area (Å²) in [6, 6.07) is 14.4. The number of benzene rings is 2. The van der Waals surface area contributed by atoms with Crippen molar-refractivity contribution in [1.29, 1.82) is 0 Å². The number of carbonyl (C=O) groups excluding carboxylic acids is 1. The first-order valence-corrected chi connectivity index (χ1v) is 11.6. The Balaban J connectivity index is 1.37. The summed E-state index contributed by atoms with van der Waals surface area (Å²) < 4.78 is 24.2. The Morgan fingerprint density at radius 3 is 2.65 bits per heavy atom. The summed E-state index contributed by atoms with van der Waals surface area (Å²) in [5, 5.41) is 2.80. The first-order valence-electron chi connectivity index (χ1n) is 11.6. The number of nitrogens with one attached hydrogen (secondary N) is 1. The van der Waals surface area contributed by atoms with Gasteiger partial charge in [0, 0.05) is 39.3 Å². The number of aromatic nitrogens is 1. The van der Waals surface area contributed by atoms with Gasteiger partial charge in [-0.05, 0) is 35.7 Å². The lowest BCUT2D eigenvalue weighted by molar-refractivity contribution is 0.0320. The van der Waals surface area contributed by atoms with Crippen LogP contribution in [0.25, 0.3) is 0 Å². The lowest BCUT2D eigenvalue weighted by Crippen LogP contribution is -2.41. The molecule has 8 heteroatoms. The zero-order chi connectivity index (χ0) is 23.8. The number of ether oxygens (including phenoxy) is 1. The molecule has 0 radical (unpaired) electrons. The molecule has 0 bridgehead atoms. The Labute approximate surface area is 199 Å². The van der Waals surface area contributed by atoms with E-state index >= 15 is 0 Å². The Kier molecular flexibility index (Phi) is 8.41. The molecule has 2 aromatic carbocycles. The van der Waals surface area contributed by atoms with Crippen LogP contribution in [-0.4, -0.2) is 60.1 Å². The summed E-state index contributed by atoms with van der Waals surface area (Å²) in [5.74, 6) is -0.124. The van der Waals surface area contributed by atoms with E-state index in [1.165, 1.54) is 29.5 Å². The molecule has 1 aromatic heterocycles. The van der Waals surface area contributed by atoms with E-state index in [4.69, 9.17) is 9.15 Å². The summed E-state index contributed by atoms with van der Waals surface area (Å²) in [4.78, 5) is 21.6. The number of aryl methyl sites for hydroxylation is 1. The largest absolute Gasteiger partial charge is 0.447 e. The zero-order valence-electron chi connectivity index (χ0n) is 19.5. The second kappa shape index (κ2) is 11.9. The molecule has 1 amide bonds. The topological polar surface area (TPSA) is 70.8 Å². The second-order valence-electron chi connectivity index (χ2n) is 8.53. The van der Waals surface area contributed by atoms with E-state index in [-0.39, 0.29) is 17.4 Å². The average molecular weight is 467 g/mol. The number of nitrogens with zero attached hydrogens (tertiary/aromatic N) is 3. The molecule has 1 fully saturated rings. The number of hydrogen-bond donors (Lipinski definition) is 1. The molecule has 3 aromatic rings. The van der Waals surface area contributed by atoms with Gasteiger partial charge >= 0.3 is 0 Å². The van der Waals surface area contributed by atoms with E-state index in [1.807, 2.05) is 6.07 Å². The van der Waals surface area contributed by atoms with Crippen LogP contribution in [0.4, 0.5) is 4.39 Å². The van der Waals surface area contributed by atoms with Gasteiger partial charge in [0.05, 0.1) is 19.8 Å². The van der Waals surface area contributed by atoms with Crippen LogP contribution >= 0.6 is 0 Å². The third kappa shape index (κ3) is 6.96. The monoisotopic (exact) mass is 466 g/mol. The van der Waals surface area contributed by atoms with Gasteiger partial charge in [0.1, 0.15) is 12.1 Å². The number of hydrogen-bond acceptors (Lipinski definition) is 6. The normalized spacial score (nSPS) is 14.4. The number of oxazole rings is 1. The van der Waals surface area contributed by atoms with Gasteiger partial charge in [-0.15, -0.1) is 0 Å². The standard InChI is InChI=1S/C26H31FN4O3/c1-20-4-2-3-5-22(20)17-31(11-10-30-12-14-33-15-13-30)18-25-29-24(19-34-25)26(32)28-16-21-6-8-23(27)9-7-21/h2-9,19H,10-18H2,1H3,(H,28,32). The van der Waals surface area contributed by atoms with Gasteiger partial charge in [-0.1, -0.05) is 36.4 Å². The van der Waals surface area contributed by atoms with Crippen LogP contribution in [0.1, 0.15) is 33.1 Å². The summed E-state index contributed by atoms with van der Waals surface area (Å²) in [7, 11) is 0. The molecule has 2 heterocycles. The fourth-order valence-corrected chi connectivity index (χ4v) is 3.90. The predicted octanol–water partition coefficient (Wildman–Crippen LogP) is 3.39. The molecule has 1 aliphatic rings. The molecule has 0 aliphatic carbocycles. The molecular weight excluding hydrogens is 435 g/mol. The molecule has 0 unspecified atom stereocenters. The van der Waals surface area contributed by atoms with Crippen LogP contribution in [0.2, 0.25) is 0 Å². The summed E-state index contributed by atoms with van der Waals surface area (Å²) in [5.41, 5.74) is 3.55. The molecule has 34 heavy (non-hydrogen) atoms. The Hall–Kier alpha value is -3.07. The van der Waals surface area contributed by atoms with Crippen LogP contribution < -0.4 is 5.32 Å². The number of carbonyl (C=O) groups is 1. The minimum atomic E-state index is -0.321. The molecule has 0 spiro atoms. The highest BCUT2D eigenvalue weighted by atomic mass is 19.1. The van der Waals surface area contributed by atoms with Gasteiger partial charge in [0.2, 0.25) is 5.89 Å². The van der Waals surface area contributed by atoms with Crippen LogP contribution in [0.15, 0.2) is 59.2 Å². The van der Waals surface area contributed by atoms with Crippen molar-refractivity contribution in [3.8, 4) is 0 Å². The Bertz CT molecular complexity index is 1060. The van der Waals surface area contributed by atoms with E-state index in [1.54, 1.807) is 12.1 Å². The fraction of sp³-hybridized carbons (Fsp3) is 0.385. The summed E-state index contributed by atoms with van der Waals surface area (Å²) in [6.07, 6.45) is 1.39. The molecule has 1 saturated heterocycles. The third-order valence-electron chi connectivity index (χ3n) is 6.00. The molecule has 0 saturated carbocycles. The van der Waals surface area contributed by atoms with Gasteiger partial charge < -0.3 is 14.5 Å². The molecule has 1 aliphatic heterocycles. The van der Waals surface area contributed by atoms with Crippen molar-refractivity contribution in [3.63, 3.8) is 0 Å². The fourth-order valence-electron chi connectivity index (χ4n) is 3.90. The Morgan fingerprint density at radius 1 is 1.12 bits per heavy atom. The minimum Gasteiger partial charge on any atom is -0.447 e. The van der Waals surface area contributed by atoms with Crippen molar-refractivity contribution in [2.75, 3.05) is 39.4 Å². The lowest BCUT2D eigenvalue weighted by Gasteiger charge is -2.29. The van der Waals surface area contributed by atoms with Gasteiger partial charge in [0.25, 0.3) is 5.91 Å². The number of rotatable bonds is 10. The maximum absolute atomic E-state index is 13.1. The van der Waals surface area contributed by atoms with E-state index < -0.39 is 0 Å². The van der Waals surface area contributed by atoms with Crippen LogP contribution in [0.3, 0.4) is 0 Å². The zero-order valence-corrected chi connectivity index (χ0v) is 19.5. The first-order chi connectivity index (χ1) is 16.6. The van der Waals surface area contributed by atoms with Crippen molar-refractivity contribution in [2.24, 2.45) is 0 Å². The minimum absolute atomic E-state index is 0.237. The maximum atomic E-state index is 13.1. The van der Waals surface area contributed by atoms with Crippen LogP contribution in [0.5, 0.6) is 0 Å². The van der Waals surface area contributed by atoms with Crippen molar-refractivity contribution in [2.45, 2.75) is 26.6 Å². The molecule has 180 valence electrons. The van der Waals surface area contributed by atoms with Crippen molar-refractivity contribution >= 4 is 5.91 Å². The summed E-state index contributed by atoms with van der Waals surface area (Å²) in [6.45, 7) is 8.89. The van der Waals surface area contributed by atoms with Crippen molar-refractivity contribution in [1.82, 2.24) is 20.1 Å². The first kappa shape index (κ1) is 24.1. The van der Waals surface area contributed by atoms with Crippen LogP contribution in [-0.2, 0) is 24.4 Å². The van der Waals surface area contributed by atoms with Gasteiger partial charge in [-0.25, -0.2) is 9.37 Å². The highest BCUT2D eigenvalue weighted by Crippen LogP contribution is 2.14. The van der Waals surface area contributed by atoms with Gasteiger partial charge in [-0.2, -0.15) is 0 Å². The SMILES string of the molecule is Cc1ccccc1CN(CCN1CCOCC1)Cc1nc(C(=O)NCc2ccc(F)cc2)co1. The van der Waals surface area contributed by atoms with E-state index in [0.717, 1.165) is 51.5 Å². The van der Waals surface area contributed by atoms with Gasteiger partial charge in [0.15, 0.2) is 5.69 Å². The number of morpholine rings is 1. The number of halogens is 1. The summed E-state index contributed by atoms with van der Waals surface area (Å²) >= 11 is 0. The number of amides is 1. The predicted molar refractivity (Wildman–Crippen MR) is 127 cm³/mol. The molecule has 1 N–H and O–H groups in total.